The largest absolute Gasteiger partial charge is 0.484 e. The Kier molecular flexibility index (Phi) is 4.55. The van der Waals surface area contributed by atoms with Gasteiger partial charge in [-0.05, 0) is 48.9 Å². The van der Waals surface area contributed by atoms with Crippen molar-refractivity contribution >= 4 is 11.6 Å². The predicted octanol–water partition coefficient (Wildman–Crippen LogP) is 2.12. The molecule has 0 radical (unpaired) electrons. The number of nitrogens with two attached hydrogens (primary N) is 1. The maximum atomic E-state index is 10.6. The number of carbonyl (C=O) groups excluding carboxylic acids is 1. The van der Waals surface area contributed by atoms with Gasteiger partial charge in [0, 0.05) is 24.1 Å². The van der Waals surface area contributed by atoms with E-state index in [0.717, 1.165) is 11.3 Å². The first-order valence-corrected chi connectivity index (χ1v) is 6.33. The van der Waals surface area contributed by atoms with E-state index in [0.29, 0.717) is 5.75 Å². The molecule has 3 N–H and O–H groups in total. The van der Waals surface area contributed by atoms with Crippen molar-refractivity contribution in [2.75, 3.05) is 11.9 Å². The van der Waals surface area contributed by atoms with E-state index in [1.807, 2.05) is 24.3 Å². The Bertz CT molecular complexity index is 555. The van der Waals surface area contributed by atoms with Gasteiger partial charge in [0.05, 0.1) is 0 Å². The Morgan fingerprint density at radius 3 is 2.50 bits per heavy atom. The molecule has 2 rings (SSSR count). The number of nitrogens with one attached hydrogen (secondary N) is 1. The monoisotopic (exact) mass is 271 g/mol. The third-order valence-corrected chi connectivity index (χ3v) is 2.82. The highest BCUT2D eigenvalue weighted by Crippen LogP contribution is 2.21. The molecule has 0 bridgehead atoms. The van der Waals surface area contributed by atoms with Crippen molar-refractivity contribution in [1.29, 1.82) is 0 Å². The van der Waals surface area contributed by atoms with Gasteiger partial charge in [0.1, 0.15) is 5.75 Å². The molecule has 5 heteroatoms. The quantitative estimate of drug-likeness (QED) is 0.843. The molecule has 104 valence electrons. The zero-order chi connectivity index (χ0) is 14.4. The number of rotatable bonds is 6. The lowest BCUT2D eigenvalue weighted by atomic mass is 10.1. The summed E-state index contributed by atoms with van der Waals surface area (Å²) in [5.41, 5.74) is 7.15. The number of nitrogens with zero attached hydrogens (tertiary/aromatic N) is 1. The van der Waals surface area contributed by atoms with Crippen molar-refractivity contribution in [2.24, 2.45) is 5.73 Å². The number of primary amides is 1. The van der Waals surface area contributed by atoms with E-state index in [1.165, 1.54) is 0 Å². The normalized spacial score (nSPS) is 11.7. The molecule has 5 nitrogen and oxygen atoms in total. The average Bonchev–Trinajstić information content (AvgIpc) is 2.47. The molecule has 1 aromatic heterocycles. The van der Waals surface area contributed by atoms with Crippen molar-refractivity contribution in [3.8, 4) is 5.75 Å². The number of benzene rings is 1. The number of ether oxygens (including phenoxy) is 1. The van der Waals surface area contributed by atoms with E-state index in [4.69, 9.17) is 10.5 Å². The summed E-state index contributed by atoms with van der Waals surface area (Å²) in [4.78, 5) is 14.6. The molecule has 0 saturated heterocycles. The lowest BCUT2D eigenvalue weighted by molar-refractivity contribution is -0.119. The van der Waals surface area contributed by atoms with Crippen LogP contribution in [0.15, 0.2) is 48.8 Å². The van der Waals surface area contributed by atoms with Crippen LogP contribution in [0.5, 0.6) is 5.75 Å². The molecule has 2 aromatic rings. The van der Waals surface area contributed by atoms with Crippen LogP contribution in [-0.4, -0.2) is 17.5 Å². The molecule has 1 unspecified atom stereocenters. The molecule has 0 aliphatic heterocycles. The van der Waals surface area contributed by atoms with Crippen LogP contribution in [0.25, 0.3) is 0 Å². The minimum atomic E-state index is -0.487. The van der Waals surface area contributed by atoms with Gasteiger partial charge in [-0.15, -0.1) is 0 Å². The van der Waals surface area contributed by atoms with Crippen molar-refractivity contribution in [3.63, 3.8) is 0 Å². The molecular formula is C15H17N3O2. The molecule has 0 aliphatic carbocycles. The first-order chi connectivity index (χ1) is 9.65. The van der Waals surface area contributed by atoms with Gasteiger partial charge in [0.2, 0.25) is 0 Å². The van der Waals surface area contributed by atoms with Crippen LogP contribution in [0.1, 0.15) is 18.5 Å². The minimum absolute atomic E-state index is 0.111. The summed E-state index contributed by atoms with van der Waals surface area (Å²) in [5.74, 6) is 0.129. The predicted molar refractivity (Wildman–Crippen MR) is 77.4 cm³/mol. The number of amides is 1. The van der Waals surface area contributed by atoms with E-state index < -0.39 is 5.91 Å². The van der Waals surface area contributed by atoms with Crippen molar-refractivity contribution < 1.29 is 9.53 Å². The second-order valence-electron chi connectivity index (χ2n) is 4.43. The zero-order valence-electron chi connectivity index (χ0n) is 11.2. The van der Waals surface area contributed by atoms with Crippen LogP contribution < -0.4 is 15.8 Å². The average molecular weight is 271 g/mol. The topological polar surface area (TPSA) is 77.2 Å². The summed E-state index contributed by atoms with van der Waals surface area (Å²) in [6, 6.07) is 11.5. The number of pyridine rings is 1. The van der Waals surface area contributed by atoms with Crippen molar-refractivity contribution in [1.82, 2.24) is 4.98 Å². The number of anilines is 1. The zero-order valence-corrected chi connectivity index (χ0v) is 11.2. The summed E-state index contributed by atoms with van der Waals surface area (Å²) in [7, 11) is 0. The fraction of sp³-hybridized carbons (Fsp3) is 0.200. The molecule has 1 amide bonds. The SMILES string of the molecule is CC(Nc1ccc(OCC(N)=O)cc1)c1ccncc1. The van der Waals surface area contributed by atoms with Gasteiger partial charge in [0.15, 0.2) is 6.61 Å². The lowest BCUT2D eigenvalue weighted by Gasteiger charge is -2.15. The van der Waals surface area contributed by atoms with Gasteiger partial charge < -0.3 is 15.8 Å². The molecule has 1 aromatic carbocycles. The number of aromatic nitrogens is 1. The second-order valence-corrected chi connectivity index (χ2v) is 4.43. The van der Waals surface area contributed by atoms with Crippen LogP contribution in [0, 0.1) is 0 Å². The van der Waals surface area contributed by atoms with Crippen LogP contribution in [-0.2, 0) is 4.79 Å². The van der Waals surface area contributed by atoms with Gasteiger partial charge in [-0.25, -0.2) is 0 Å². The molecular weight excluding hydrogens is 254 g/mol. The Hall–Kier alpha value is -2.56. The Balaban J connectivity index is 1.95. The fourth-order valence-electron chi connectivity index (χ4n) is 1.79. The molecule has 20 heavy (non-hydrogen) atoms. The van der Waals surface area contributed by atoms with Gasteiger partial charge in [-0.1, -0.05) is 0 Å². The molecule has 1 heterocycles. The lowest BCUT2D eigenvalue weighted by Crippen LogP contribution is -2.19. The maximum Gasteiger partial charge on any atom is 0.255 e. The van der Waals surface area contributed by atoms with Crippen LogP contribution >= 0.6 is 0 Å². The van der Waals surface area contributed by atoms with E-state index in [9.17, 15) is 4.79 Å². The molecule has 0 aliphatic rings. The fourth-order valence-corrected chi connectivity index (χ4v) is 1.79. The van der Waals surface area contributed by atoms with Gasteiger partial charge in [-0.3, -0.25) is 9.78 Å². The van der Waals surface area contributed by atoms with Gasteiger partial charge in [0.25, 0.3) is 5.91 Å². The highest BCUT2D eigenvalue weighted by molar-refractivity contribution is 5.75. The van der Waals surface area contributed by atoms with Crippen LogP contribution in [0.4, 0.5) is 5.69 Å². The molecule has 0 fully saturated rings. The number of carbonyl (C=O) groups is 1. The van der Waals surface area contributed by atoms with Crippen LogP contribution in [0.3, 0.4) is 0 Å². The maximum absolute atomic E-state index is 10.6. The van der Waals surface area contributed by atoms with Crippen molar-refractivity contribution in [3.05, 3.63) is 54.4 Å². The highest BCUT2D eigenvalue weighted by Gasteiger charge is 2.05. The summed E-state index contributed by atoms with van der Waals surface area (Å²) >= 11 is 0. The standard InChI is InChI=1S/C15H17N3O2/c1-11(12-6-8-17-9-7-12)18-13-2-4-14(5-3-13)20-10-15(16)19/h2-9,11,18H,10H2,1H3,(H2,16,19). The van der Waals surface area contributed by atoms with E-state index in [2.05, 4.69) is 17.2 Å². The molecule has 0 spiro atoms. The summed E-state index contributed by atoms with van der Waals surface area (Å²) < 4.78 is 5.20. The second kappa shape index (κ2) is 6.56. The van der Waals surface area contributed by atoms with E-state index in [-0.39, 0.29) is 12.6 Å². The summed E-state index contributed by atoms with van der Waals surface area (Å²) in [6.07, 6.45) is 3.54. The Morgan fingerprint density at radius 2 is 1.90 bits per heavy atom. The Labute approximate surface area is 117 Å². The first-order valence-electron chi connectivity index (χ1n) is 6.33. The van der Waals surface area contributed by atoms with E-state index >= 15 is 0 Å². The smallest absolute Gasteiger partial charge is 0.255 e. The minimum Gasteiger partial charge on any atom is -0.484 e. The number of hydrogen-bond donors (Lipinski definition) is 2. The third-order valence-electron chi connectivity index (χ3n) is 2.82. The van der Waals surface area contributed by atoms with Gasteiger partial charge >= 0.3 is 0 Å². The van der Waals surface area contributed by atoms with Crippen molar-refractivity contribution in [2.45, 2.75) is 13.0 Å². The third kappa shape index (κ3) is 3.98. The summed E-state index contributed by atoms with van der Waals surface area (Å²) in [5, 5.41) is 3.38. The number of hydrogen-bond acceptors (Lipinski definition) is 4. The highest BCUT2D eigenvalue weighted by atomic mass is 16.5. The van der Waals surface area contributed by atoms with Crippen LogP contribution in [0.2, 0.25) is 0 Å². The van der Waals surface area contributed by atoms with E-state index in [1.54, 1.807) is 24.5 Å². The van der Waals surface area contributed by atoms with Gasteiger partial charge in [-0.2, -0.15) is 0 Å². The first kappa shape index (κ1) is 13.9. The molecule has 0 saturated carbocycles. The Morgan fingerprint density at radius 1 is 1.25 bits per heavy atom. The molecule has 1 atom stereocenters. The summed E-state index contributed by atoms with van der Waals surface area (Å²) in [6.45, 7) is 1.97.